The van der Waals surface area contributed by atoms with Crippen LogP contribution in [0.3, 0.4) is 0 Å². The number of rotatable bonds is 17. The average Bonchev–Trinajstić information content (AvgIpc) is 3.17. The van der Waals surface area contributed by atoms with Gasteiger partial charge in [0.15, 0.2) is 23.0 Å². The molecule has 0 aliphatic heterocycles. The quantitative estimate of drug-likeness (QED) is 0.0836. The Morgan fingerprint density at radius 2 is 0.900 bits per heavy atom. The van der Waals surface area contributed by atoms with Crippen molar-refractivity contribution in [2.24, 2.45) is 0 Å². The first kappa shape index (κ1) is 45.0. The molecule has 0 saturated carbocycles. The third-order valence-corrected chi connectivity index (χ3v) is 9.58. The molecule has 0 amide bonds. The third kappa shape index (κ3) is 15.5. The molecule has 276 valence electrons. The van der Waals surface area contributed by atoms with Crippen LogP contribution >= 0.6 is 15.9 Å². The van der Waals surface area contributed by atoms with Crippen LogP contribution in [0.25, 0.3) is 0 Å². The Labute approximate surface area is 322 Å². The topological polar surface area (TPSA) is 40.2 Å². The van der Waals surface area contributed by atoms with E-state index in [0.29, 0.717) is 13.2 Å². The number of para-hydroxylation sites is 4. The van der Waals surface area contributed by atoms with Crippen molar-refractivity contribution in [1.82, 2.24) is 4.90 Å². The SMILES string of the molecule is CCN(CC)CC.CC[N+](CC)(CC)Cc1cccc(COc2ccccc2OC)c1.COc1ccccc1OCc1cccc(CBr)c1.[Br-]. The van der Waals surface area contributed by atoms with Crippen molar-refractivity contribution >= 4 is 15.9 Å². The van der Waals surface area contributed by atoms with Crippen LogP contribution in [-0.2, 0) is 25.1 Å². The van der Waals surface area contributed by atoms with E-state index in [1.807, 2.05) is 54.6 Å². The minimum absolute atomic E-state index is 0. The highest BCUT2D eigenvalue weighted by molar-refractivity contribution is 9.08. The second-order valence-corrected chi connectivity index (χ2v) is 12.3. The summed E-state index contributed by atoms with van der Waals surface area (Å²) < 4.78 is 23.4. The summed E-state index contributed by atoms with van der Waals surface area (Å²) in [4.78, 5) is 2.38. The van der Waals surface area contributed by atoms with Crippen LogP contribution in [0, 0.1) is 0 Å². The lowest BCUT2D eigenvalue weighted by Crippen LogP contribution is -3.00. The van der Waals surface area contributed by atoms with E-state index in [4.69, 9.17) is 18.9 Å². The van der Waals surface area contributed by atoms with Gasteiger partial charge in [0.1, 0.15) is 19.8 Å². The zero-order valence-corrected chi connectivity index (χ0v) is 34.8. The summed E-state index contributed by atoms with van der Waals surface area (Å²) in [6.45, 7) is 22.6. The molecule has 0 bridgehead atoms. The minimum atomic E-state index is 0. The molecule has 0 unspecified atom stereocenters. The summed E-state index contributed by atoms with van der Waals surface area (Å²) in [5.74, 6) is 3.08. The lowest BCUT2D eigenvalue weighted by atomic mass is 10.1. The summed E-state index contributed by atoms with van der Waals surface area (Å²) in [7, 11) is 3.31. The molecule has 0 atom stereocenters. The molecule has 0 aromatic heterocycles. The van der Waals surface area contributed by atoms with Gasteiger partial charge in [-0.25, -0.2) is 0 Å². The molecule has 0 aliphatic rings. The predicted molar refractivity (Wildman–Crippen MR) is 209 cm³/mol. The molecule has 4 aromatic carbocycles. The van der Waals surface area contributed by atoms with E-state index < -0.39 is 0 Å². The predicted octanol–water partition coefficient (Wildman–Crippen LogP) is 7.17. The van der Waals surface area contributed by atoms with Gasteiger partial charge in [-0.1, -0.05) is 103 Å². The molecule has 0 N–H and O–H groups in total. The smallest absolute Gasteiger partial charge is 0.161 e. The first-order valence-electron chi connectivity index (χ1n) is 17.6. The van der Waals surface area contributed by atoms with Gasteiger partial charge in [0.05, 0.1) is 33.9 Å². The Bertz CT molecular complexity index is 1450. The lowest BCUT2D eigenvalue weighted by Gasteiger charge is -2.36. The fourth-order valence-electron chi connectivity index (χ4n) is 5.48. The highest BCUT2D eigenvalue weighted by atomic mass is 79.9. The van der Waals surface area contributed by atoms with E-state index in [0.717, 1.165) is 64.6 Å². The summed E-state index contributed by atoms with van der Waals surface area (Å²) in [6, 6.07) is 32.5. The standard InChI is InChI=1S/C21H30NO2.C15H15BrO2.C6H15N.BrH/c1-5-22(6-2,7-3)16-18-11-10-12-19(15-18)17-24-21-14-9-8-13-20(21)23-4;1-17-14-7-2-3-8-15(14)18-11-13-6-4-5-12(9-13)10-16;1-4-7(5-2)6-3;/h8-15H,5-7,16-17H2,1-4H3;2-9H,10-11H2,1H3;4-6H2,1-3H3;1H/q+1;;;/p-1. The second-order valence-electron chi connectivity index (χ2n) is 11.7. The molecule has 8 heteroatoms. The summed E-state index contributed by atoms with van der Waals surface area (Å²) in [5.41, 5.74) is 4.97. The number of methoxy groups -OCH3 is 2. The molecular formula is C42H60Br2N2O4. The van der Waals surface area contributed by atoms with Gasteiger partial charge in [-0.15, -0.1) is 0 Å². The van der Waals surface area contributed by atoms with Crippen LogP contribution in [0.15, 0.2) is 97.1 Å². The Morgan fingerprint density at radius 1 is 0.520 bits per heavy atom. The van der Waals surface area contributed by atoms with E-state index in [9.17, 15) is 0 Å². The number of nitrogens with zero attached hydrogens (tertiary/aromatic N) is 2. The van der Waals surface area contributed by atoms with Crippen molar-refractivity contribution in [1.29, 1.82) is 0 Å². The maximum atomic E-state index is 5.95. The number of halogens is 2. The number of quaternary nitrogens is 1. The van der Waals surface area contributed by atoms with Crippen molar-refractivity contribution in [2.45, 2.75) is 66.6 Å². The third-order valence-electron chi connectivity index (χ3n) is 8.94. The van der Waals surface area contributed by atoms with Crippen LogP contribution in [0.4, 0.5) is 0 Å². The van der Waals surface area contributed by atoms with Crippen LogP contribution in [0.2, 0.25) is 0 Å². The number of hydrogen-bond acceptors (Lipinski definition) is 5. The van der Waals surface area contributed by atoms with Crippen molar-refractivity contribution in [2.75, 3.05) is 53.5 Å². The molecule has 0 aliphatic carbocycles. The van der Waals surface area contributed by atoms with Gasteiger partial charge in [0.25, 0.3) is 0 Å². The van der Waals surface area contributed by atoms with Gasteiger partial charge in [-0.2, -0.15) is 0 Å². The van der Waals surface area contributed by atoms with Gasteiger partial charge < -0.3 is 45.3 Å². The zero-order valence-electron chi connectivity index (χ0n) is 31.6. The first-order valence-corrected chi connectivity index (χ1v) is 18.8. The summed E-state index contributed by atoms with van der Waals surface area (Å²) in [5, 5.41) is 0.857. The second kappa shape index (κ2) is 25.8. The molecule has 0 radical (unpaired) electrons. The van der Waals surface area contributed by atoms with Crippen molar-refractivity contribution in [3.05, 3.63) is 119 Å². The Balaban J connectivity index is 0.000000424. The molecule has 6 nitrogen and oxygen atoms in total. The number of ether oxygens (including phenoxy) is 4. The van der Waals surface area contributed by atoms with Crippen molar-refractivity contribution in [3.63, 3.8) is 0 Å². The maximum absolute atomic E-state index is 5.95. The first-order chi connectivity index (χ1) is 23.8. The van der Waals surface area contributed by atoms with Crippen molar-refractivity contribution in [3.8, 4) is 23.0 Å². The number of hydrogen-bond donors (Lipinski definition) is 0. The molecule has 0 spiro atoms. The molecule has 0 heterocycles. The highest BCUT2D eigenvalue weighted by Crippen LogP contribution is 2.28. The largest absolute Gasteiger partial charge is 1.00 e. The van der Waals surface area contributed by atoms with Crippen LogP contribution in [-0.4, -0.2) is 62.9 Å². The molecule has 0 fully saturated rings. The average molecular weight is 817 g/mol. The Morgan fingerprint density at radius 3 is 1.26 bits per heavy atom. The summed E-state index contributed by atoms with van der Waals surface area (Å²) >= 11 is 3.45. The van der Waals surface area contributed by atoms with Crippen LogP contribution in [0.1, 0.15) is 63.8 Å². The fraction of sp³-hybridized carbons (Fsp3) is 0.429. The summed E-state index contributed by atoms with van der Waals surface area (Å²) in [6.07, 6.45) is 0. The van der Waals surface area contributed by atoms with Gasteiger partial charge in [-0.05, 0) is 87.4 Å². The zero-order chi connectivity index (χ0) is 35.9. The number of benzene rings is 4. The highest BCUT2D eigenvalue weighted by Gasteiger charge is 2.21. The number of alkyl halides is 1. The fourth-order valence-corrected chi connectivity index (χ4v) is 5.83. The molecule has 4 aromatic rings. The van der Waals surface area contributed by atoms with E-state index in [1.54, 1.807) is 14.2 Å². The lowest BCUT2D eigenvalue weighted by molar-refractivity contribution is -0.936. The van der Waals surface area contributed by atoms with Crippen LogP contribution in [0.5, 0.6) is 23.0 Å². The van der Waals surface area contributed by atoms with Gasteiger partial charge >= 0.3 is 0 Å². The molecular weight excluding hydrogens is 756 g/mol. The molecule has 4 rings (SSSR count). The van der Waals surface area contributed by atoms with Crippen LogP contribution < -0.4 is 35.9 Å². The Kier molecular flexibility index (Phi) is 23.2. The van der Waals surface area contributed by atoms with E-state index >= 15 is 0 Å². The van der Waals surface area contributed by atoms with E-state index in [-0.39, 0.29) is 17.0 Å². The van der Waals surface area contributed by atoms with E-state index in [1.165, 1.54) is 36.3 Å². The van der Waals surface area contributed by atoms with Gasteiger partial charge in [-0.3, -0.25) is 0 Å². The normalized spacial score (nSPS) is 10.5. The Hall–Kier alpha value is -3.04. The minimum Gasteiger partial charge on any atom is -1.00 e. The van der Waals surface area contributed by atoms with Gasteiger partial charge in [0, 0.05) is 10.9 Å². The van der Waals surface area contributed by atoms with Gasteiger partial charge in [0.2, 0.25) is 0 Å². The maximum Gasteiger partial charge on any atom is 0.161 e. The van der Waals surface area contributed by atoms with E-state index in [2.05, 4.69) is 105 Å². The monoisotopic (exact) mass is 814 g/mol. The van der Waals surface area contributed by atoms with Crippen molar-refractivity contribution < 1.29 is 40.4 Å². The molecule has 0 saturated heterocycles. The molecule has 50 heavy (non-hydrogen) atoms.